The van der Waals surface area contributed by atoms with Gasteiger partial charge in [0.25, 0.3) is 0 Å². The number of hydrogen-bond acceptors (Lipinski definition) is 7. The zero-order chi connectivity index (χ0) is 20.7. The summed E-state index contributed by atoms with van der Waals surface area (Å²) in [5.74, 6) is 0.948. The number of anilines is 2. The number of hydrogen-bond donors (Lipinski definition) is 2. The third kappa shape index (κ3) is 5.55. The lowest BCUT2D eigenvalue weighted by Gasteiger charge is -2.33. The Hall–Kier alpha value is -2.92. The van der Waals surface area contributed by atoms with Crippen molar-refractivity contribution >= 4 is 27.7 Å². The average Bonchev–Trinajstić information content (AvgIpc) is 2.75. The van der Waals surface area contributed by atoms with Gasteiger partial charge in [-0.15, -0.1) is 0 Å². The van der Waals surface area contributed by atoms with E-state index in [-0.39, 0.29) is 12.3 Å². The maximum Gasteiger partial charge on any atom is 0.319 e. The Kier molecular flexibility index (Phi) is 6.83. The van der Waals surface area contributed by atoms with Crippen LogP contribution in [0.1, 0.15) is 0 Å². The van der Waals surface area contributed by atoms with Crippen LogP contribution in [-0.4, -0.2) is 74.3 Å². The first-order valence-electron chi connectivity index (χ1n) is 9.17. The van der Waals surface area contributed by atoms with Crippen LogP contribution >= 0.6 is 0 Å². The fraction of sp³-hybridized carbons (Fsp3) is 0.389. The molecule has 10 nitrogen and oxygen atoms in total. The van der Waals surface area contributed by atoms with Crippen LogP contribution in [0.4, 0.5) is 16.4 Å². The SMILES string of the molecule is COc1ccccc1NC(=O)NCCS(=O)(=O)N1CCN(c2ncccn2)CC1. The van der Waals surface area contributed by atoms with E-state index in [2.05, 4.69) is 20.6 Å². The number of methoxy groups -OCH3 is 1. The minimum absolute atomic E-state index is 0.00528. The highest BCUT2D eigenvalue weighted by Gasteiger charge is 2.27. The van der Waals surface area contributed by atoms with Crippen molar-refractivity contribution in [3.63, 3.8) is 0 Å². The molecule has 1 fully saturated rings. The van der Waals surface area contributed by atoms with Gasteiger partial charge in [-0.2, -0.15) is 4.31 Å². The molecule has 0 saturated carbocycles. The predicted molar refractivity (Wildman–Crippen MR) is 110 cm³/mol. The number of rotatable bonds is 7. The molecule has 1 aliphatic heterocycles. The van der Waals surface area contributed by atoms with Gasteiger partial charge < -0.3 is 20.3 Å². The van der Waals surface area contributed by atoms with Crippen LogP contribution in [0.2, 0.25) is 0 Å². The lowest BCUT2D eigenvalue weighted by Crippen LogP contribution is -2.50. The molecule has 1 saturated heterocycles. The van der Waals surface area contributed by atoms with Crippen LogP contribution in [0.3, 0.4) is 0 Å². The van der Waals surface area contributed by atoms with Crippen molar-refractivity contribution in [1.29, 1.82) is 0 Å². The van der Waals surface area contributed by atoms with Gasteiger partial charge in [-0.1, -0.05) is 12.1 Å². The van der Waals surface area contributed by atoms with Crippen molar-refractivity contribution < 1.29 is 17.9 Å². The molecule has 2 heterocycles. The molecular weight excluding hydrogens is 396 g/mol. The van der Waals surface area contributed by atoms with Crippen molar-refractivity contribution in [3.05, 3.63) is 42.7 Å². The summed E-state index contributed by atoms with van der Waals surface area (Å²) >= 11 is 0. The Labute approximate surface area is 169 Å². The van der Waals surface area contributed by atoms with Crippen LogP contribution in [0, 0.1) is 0 Å². The smallest absolute Gasteiger partial charge is 0.319 e. The molecule has 3 rings (SSSR count). The summed E-state index contributed by atoms with van der Waals surface area (Å²) in [5.41, 5.74) is 0.509. The number of aromatic nitrogens is 2. The minimum Gasteiger partial charge on any atom is -0.495 e. The quantitative estimate of drug-likeness (QED) is 0.679. The van der Waals surface area contributed by atoms with Crippen LogP contribution < -0.4 is 20.3 Å². The van der Waals surface area contributed by atoms with Gasteiger partial charge in [0, 0.05) is 45.1 Å². The molecule has 1 aromatic heterocycles. The average molecular weight is 420 g/mol. The maximum absolute atomic E-state index is 12.6. The molecule has 0 bridgehead atoms. The van der Waals surface area contributed by atoms with Crippen molar-refractivity contribution in [1.82, 2.24) is 19.6 Å². The molecule has 2 aromatic rings. The van der Waals surface area contributed by atoms with Gasteiger partial charge in [-0.3, -0.25) is 0 Å². The van der Waals surface area contributed by atoms with Gasteiger partial charge in [0.05, 0.1) is 18.6 Å². The molecule has 0 aliphatic carbocycles. The first-order valence-corrected chi connectivity index (χ1v) is 10.8. The zero-order valence-electron chi connectivity index (χ0n) is 16.1. The molecule has 1 aromatic carbocycles. The number of sulfonamides is 1. The Balaban J connectivity index is 1.45. The van der Waals surface area contributed by atoms with Gasteiger partial charge in [-0.25, -0.2) is 23.2 Å². The van der Waals surface area contributed by atoms with E-state index in [1.54, 1.807) is 42.7 Å². The standard InChI is InChI=1S/C18H24N6O4S/c1-28-16-6-3-2-5-15(16)22-18(25)21-9-14-29(26,27)24-12-10-23(11-13-24)17-19-7-4-8-20-17/h2-8H,9-14H2,1H3,(H2,21,22,25). The number of urea groups is 1. The molecule has 0 unspecified atom stereocenters. The second-order valence-electron chi connectivity index (χ2n) is 6.33. The Bertz CT molecular complexity index is 917. The third-order valence-electron chi connectivity index (χ3n) is 4.47. The largest absolute Gasteiger partial charge is 0.495 e. The Morgan fingerprint density at radius 3 is 2.48 bits per heavy atom. The number of ether oxygens (including phenoxy) is 1. The maximum atomic E-state index is 12.6. The Morgan fingerprint density at radius 1 is 1.10 bits per heavy atom. The highest BCUT2D eigenvalue weighted by molar-refractivity contribution is 7.89. The predicted octanol–water partition coefficient (Wildman–Crippen LogP) is 0.759. The summed E-state index contributed by atoms with van der Waals surface area (Å²) in [6.07, 6.45) is 3.32. The molecule has 0 atom stereocenters. The molecule has 1 aliphatic rings. The van der Waals surface area contributed by atoms with Gasteiger partial charge >= 0.3 is 6.03 Å². The topological polar surface area (TPSA) is 117 Å². The summed E-state index contributed by atoms with van der Waals surface area (Å²) in [5, 5.41) is 5.22. The second-order valence-corrected chi connectivity index (χ2v) is 8.42. The third-order valence-corrected chi connectivity index (χ3v) is 6.34. The van der Waals surface area contributed by atoms with Crippen molar-refractivity contribution in [3.8, 4) is 5.75 Å². The fourth-order valence-electron chi connectivity index (χ4n) is 2.96. The van der Waals surface area contributed by atoms with E-state index in [0.717, 1.165) is 0 Å². The summed E-state index contributed by atoms with van der Waals surface area (Å²) in [6.45, 7) is 1.75. The van der Waals surface area contributed by atoms with Gasteiger partial charge in [0.15, 0.2) is 0 Å². The zero-order valence-corrected chi connectivity index (χ0v) is 16.9. The fourth-order valence-corrected chi connectivity index (χ4v) is 4.30. The second kappa shape index (κ2) is 9.52. The van der Waals surface area contributed by atoms with Crippen molar-refractivity contribution in [2.45, 2.75) is 0 Å². The molecule has 0 radical (unpaired) electrons. The molecule has 0 spiro atoms. The van der Waals surface area contributed by atoms with Gasteiger partial charge in [0.1, 0.15) is 5.75 Å². The first kappa shape index (κ1) is 20.8. The van der Waals surface area contributed by atoms with E-state index in [0.29, 0.717) is 43.6 Å². The molecule has 2 N–H and O–H groups in total. The number of para-hydroxylation sites is 2. The van der Waals surface area contributed by atoms with E-state index in [4.69, 9.17) is 4.74 Å². The van der Waals surface area contributed by atoms with E-state index in [1.165, 1.54) is 11.4 Å². The number of amides is 2. The van der Waals surface area contributed by atoms with E-state index in [9.17, 15) is 13.2 Å². The van der Waals surface area contributed by atoms with E-state index < -0.39 is 16.1 Å². The molecule has 29 heavy (non-hydrogen) atoms. The number of piperazine rings is 1. The lowest BCUT2D eigenvalue weighted by molar-refractivity contribution is 0.252. The number of carbonyl (C=O) groups is 1. The van der Waals surface area contributed by atoms with E-state index in [1.807, 2.05) is 4.90 Å². The van der Waals surface area contributed by atoms with Crippen LogP contribution in [0.25, 0.3) is 0 Å². The first-order chi connectivity index (χ1) is 14.0. The normalized spacial score (nSPS) is 15.0. The van der Waals surface area contributed by atoms with Gasteiger partial charge in [0.2, 0.25) is 16.0 Å². The molecule has 156 valence electrons. The van der Waals surface area contributed by atoms with E-state index >= 15 is 0 Å². The monoisotopic (exact) mass is 420 g/mol. The Morgan fingerprint density at radius 2 is 1.79 bits per heavy atom. The summed E-state index contributed by atoms with van der Waals surface area (Å²) in [6, 6.07) is 8.23. The molecular formula is C18H24N6O4S. The van der Waals surface area contributed by atoms with Crippen LogP contribution in [0.15, 0.2) is 42.7 Å². The summed E-state index contributed by atoms with van der Waals surface area (Å²) < 4.78 is 31.7. The summed E-state index contributed by atoms with van der Waals surface area (Å²) in [4.78, 5) is 22.4. The lowest BCUT2D eigenvalue weighted by atomic mass is 10.3. The van der Waals surface area contributed by atoms with Gasteiger partial charge in [-0.05, 0) is 18.2 Å². The molecule has 11 heteroatoms. The van der Waals surface area contributed by atoms with Crippen LogP contribution in [0.5, 0.6) is 5.75 Å². The highest BCUT2D eigenvalue weighted by atomic mass is 32.2. The minimum atomic E-state index is -3.47. The highest BCUT2D eigenvalue weighted by Crippen LogP contribution is 2.22. The molecule has 2 amide bonds. The number of nitrogens with zero attached hydrogens (tertiary/aromatic N) is 4. The number of benzene rings is 1. The van der Waals surface area contributed by atoms with Crippen molar-refractivity contribution in [2.75, 3.05) is 55.8 Å². The van der Waals surface area contributed by atoms with Crippen LogP contribution in [-0.2, 0) is 10.0 Å². The number of nitrogens with one attached hydrogen (secondary N) is 2. The number of carbonyl (C=O) groups excluding carboxylic acids is 1. The summed E-state index contributed by atoms with van der Waals surface area (Å²) in [7, 11) is -1.96. The van der Waals surface area contributed by atoms with Crippen molar-refractivity contribution in [2.24, 2.45) is 0 Å².